The van der Waals surface area contributed by atoms with Gasteiger partial charge in [-0.3, -0.25) is 14.5 Å². The molecule has 1 fully saturated rings. The van der Waals surface area contributed by atoms with Gasteiger partial charge in [-0.05, 0) is 64.0 Å². The molecule has 33 heavy (non-hydrogen) atoms. The van der Waals surface area contributed by atoms with Crippen molar-refractivity contribution < 1.29 is 19.4 Å². The molecule has 3 atom stereocenters. The van der Waals surface area contributed by atoms with E-state index in [-0.39, 0.29) is 24.4 Å². The van der Waals surface area contributed by atoms with E-state index in [1.165, 1.54) is 0 Å². The van der Waals surface area contributed by atoms with Crippen molar-refractivity contribution in [1.82, 2.24) is 14.7 Å². The molecule has 0 aromatic heterocycles. The molecule has 1 N–H and O–H groups in total. The first-order chi connectivity index (χ1) is 15.8. The van der Waals surface area contributed by atoms with Crippen LogP contribution in [0.3, 0.4) is 0 Å². The number of hydrogen-bond donors (Lipinski definition) is 1. The number of rotatable bonds is 12. The Labute approximate surface area is 198 Å². The second-order valence-corrected chi connectivity index (χ2v) is 9.85. The molecular formula is C26H41N3O4. The van der Waals surface area contributed by atoms with E-state index in [4.69, 9.17) is 4.74 Å². The molecule has 2 aliphatic rings. The van der Waals surface area contributed by atoms with Gasteiger partial charge in [0.05, 0.1) is 19.1 Å². The van der Waals surface area contributed by atoms with Crippen molar-refractivity contribution in [2.75, 3.05) is 53.4 Å². The fourth-order valence-corrected chi connectivity index (χ4v) is 5.15. The third kappa shape index (κ3) is 6.48. The van der Waals surface area contributed by atoms with Gasteiger partial charge in [-0.25, -0.2) is 0 Å². The highest BCUT2D eigenvalue weighted by atomic mass is 16.5. The number of hydrogen-bond acceptors (Lipinski definition) is 5. The zero-order chi connectivity index (χ0) is 24.0. The standard InChI is InChI=1S/C26H41N3O4/c1-5-6-13-28(14-8-7-12-27(3)4)24(30)18-29-17-22(25(19(29)2)26(31)32)20-9-10-23-21(16-20)11-15-33-23/h9-10,16,19,22,25H,5-8,11-15,17-18H2,1-4H3,(H,31,32)/t19-,22+,25-/m0/s1. The summed E-state index contributed by atoms with van der Waals surface area (Å²) in [7, 11) is 4.14. The molecule has 1 aromatic rings. The number of amides is 1. The van der Waals surface area contributed by atoms with E-state index >= 15 is 0 Å². The molecule has 3 rings (SSSR count). The van der Waals surface area contributed by atoms with Crippen LogP contribution in [0.25, 0.3) is 0 Å². The van der Waals surface area contributed by atoms with Gasteiger partial charge < -0.3 is 19.6 Å². The van der Waals surface area contributed by atoms with Crippen LogP contribution < -0.4 is 4.74 Å². The smallest absolute Gasteiger partial charge is 0.308 e. The molecule has 0 aliphatic carbocycles. The summed E-state index contributed by atoms with van der Waals surface area (Å²) >= 11 is 0. The van der Waals surface area contributed by atoms with Crippen LogP contribution in [0.4, 0.5) is 0 Å². The lowest BCUT2D eigenvalue weighted by Gasteiger charge is -2.28. The number of benzene rings is 1. The number of ether oxygens (including phenoxy) is 1. The second kappa shape index (κ2) is 11.8. The van der Waals surface area contributed by atoms with Crippen molar-refractivity contribution in [2.45, 2.75) is 57.9 Å². The van der Waals surface area contributed by atoms with Crippen LogP contribution in [-0.4, -0.2) is 91.2 Å². The minimum Gasteiger partial charge on any atom is -0.493 e. The highest BCUT2D eigenvalue weighted by molar-refractivity contribution is 5.79. The van der Waals surface area contributed by atoms with E-state index < -0.39 is 11.9 Å². The summed E-state index contributed by atoms with van der Waals surface area (Å²) in [6, 6.07) is 5.89. The monoisotopic (exact) mass is 459 g/mol. The van der Waals surface area contributed by atoms with Crippen molar-refractivity contribution in [3.05, 3.63) is 29.3 Å². The summed E-state index contributed by atoms with van der Waals surface area (Å²) in [6.45, 7) is 8.22. The van der Waals surface area contributed by atoms with Gasteiger partial charge in [0.15, 0.2) is 0 Å². The number of nitrogens with zero attached hydrogens (tertiary/aromatic N) is 3. The van der Waals surface area contributed by atoms with Crippen molar-refractivity contribution in [2.24, 2.45) is 5.92 Å². The Morgan fingerprint density at radius 1 is 1.15 bits per heavy atom. The number of carboxylic acid groups (broad SMARTS) is 1. The quantitative estimate of drug-likeness (QED) is 0.484. The first-order valence-electron chi connectivity index (χ1n) is 12.5. The Balaban J connectivity index is 1.68. The number of carboxylic acids is 1. The summed E-state index contributed by atoms with van der Waals surface area (Å²) in [5, 5.41) is 10.0. The van der Waals surface area contributed by atoms with Gasteiger partial charge in [-0.1, -0.05) is 25.5 Å². The van der Waals surface area contributed by atoms with Crippen LogP contribution in [0.15, 0.2) is 18.2 Å². The summed E-state index contributed by atoms with van der Waals surface area (Å²) in [5.74, 6) is -0.412. The van der Waals surface area contributed by atoms with E-state index in [9.17, 15) is 14.7 Å². The van der Waals surface area contributed by atoms with Crippen LogP contribution in [0.1, 0.15) is 56.6 Å². The number of carbonyl (C=O) groups is 2. The van der Waals surface area contributed by atoms with Crippen LogP contribution in [0.2, 0.25) is 0 Å². The minimum atomic E-state index is -0.786. The molecule has 0 radical (unpaired) electrons. The van der Waals surface area contributed by atoms with E-state index in [0.29, 0.717) is 13.2 Å². The first-order valence-corrected chi connectivity index (χ1v) is 12.5. The number of fused-ring (bicyclic) bond motifs is 1. The molecule has 2 aliphatic heterocycles. The molecule has 0 bridgehead atoms. The Hall–Kier alpha value is -2.12. The highest BCUT2D eigenvalue weighted by Crippen LogP contribution is 2.39. The predicted octanol–water partition coefficient (Wildman–Crippen LogP) is 3.08. The fraction of sp³-hybridized carbons (Fsp3) is 0.692. The largest absolute Gasteiger partial charge is 0.493 e. The third-order valence-electron chi connectivity index (χ3n) is 7.14. The number of likely N-dealkylation sites (tertiary alicyclic amines) is 1. The lowest BCUT2D eigenvalue weighted by molar-refractivity contribution is -0.143. The van der Waals surface area contributed by atoms with Gasteiger partial charge in [-0.15, -0.1) is 0 Å². The predicted molar refractivity (Wildman–Crippen MR) is 130 cm³/mol. The maximum atomic E-state index is 13.3. The van der Waals surface area contributed by atoms with Gasteiger partial charge in [0, 0.05) is 38.0 Å². The molecule has 2 heterocycles. The zero-order valence-electron chi connectivity index (χ0n) is 20.8. The van der Waals surface area contributed by atoms with E-state index in [2.05, 4.69) is 36.9 Å². The minimum absolute atomic E-state index is 0.118. The van der Waals surface area contributed by atoms with E-state index in [1.807, 2.05) is 24.0 Å². The van der Waals surface area contributed by atoms with Crippen LogP contribution in [0.5, 0.6) is 5.75 Å². The van der Waals surface area contributed by atoms with Crippen molar-refractivity contribution in [1.29, 1.82) is 0 Å². The molecule has 1 saturated heterocycles. The van der Waals surface area contributed by atoms with E-state index in [1.54, 1.807) is 0 Å². The molecular weight excluding hydrogens is 418 g/mol. The van der Waals surface area contributed by atoms with Gasteiger partial charge in [0.2, 0.25) is 5.91 Å². The second-order valence-electron chi connectivity index (χ2n) is 9.85. The Morgan fingerprint density at radius 3 is 2.58 bits per heavy atom. The van der Waals surface area contributed by atoms with E-state index in [0.717, 1.165) is 68.6 Å². The van der Waals surface area contributed by atoms with Gasteiger partial charge in [-0.2, -0.15) is 0 Å². The summed E-state index contributed by atoms with van der Waals surface area (Å²) in [4.78, 5) is 31.7. The Kier molecular flexibility index (Phi) is 9.15. The molecule has 184 valence electrons. The van der Waals surface area contributed by atoms with Gasteiger partial charge in [0.25, 0.3) is 0 Å². The van der Waals surface area contributed by atoms with Crippen molar-refractivity contribution in [3.63, 3.8) is 0 Å². The lowest BCUT2D eigenvalue weighted by atomic mass is 9.85. The molecule has 0 unspecified atom stereocenters. The van der Waals surface area contributed by atoms with Crippen LogP contribution in [-0.2, 0) is 16.0 Å². The maximum absolute atomic E-state index is 13.3. The Morgan fingerprint density at radius 2 is 1.88 bits per heavy atom. The van der Waals surface area contributed by atoms with Gasteiger partial charge in [0.1, 0.15) is 5.75 Å². The maximum Gasteiger partial charge on any atom is 0.308 e. The third-order valence-corrected chi connectivity index (χ3v) is 7.14. The Bertz CT molecular complexity index is 813. The molecule has 0 spiro atoms. The molecule has 7 heteroatoms. The highest BCUT2D eigenvalue weighted by Gasteiger charge is 2.45. The first kappa shape index (κ1) is 25.5. The van der Waals surface area contributed by atoms with Gasteiger partial charge >= 0.3 is 5.97 Å². The molecule has 1 aromatic carbocycles. The van der Waals surface area contributed by atoms with Crippen LogP contribution in [0, 0.1) is 5.92 Å². The lowest BCUT2D eigenvalue weighted by Crippen LogP contribution is -2.43. The zero-order valence-corrected chi connectivity index (χ0v) is 20.8. The molecule has 7 nitrogen and oxygen atoms in total. The summed E-state index contributed by atoms with van der Waals surface area (Å²) in [5.41, 5.74) is 2.20. The summed E-state index contributed by atoms with van der Waals surface area (Å²) in [6.07, 6.45) is 4.96. The molecule has 1 amide bonds. The van der Waals surface area contributed by atoms with Crippen molar-refractivity contribution >= 4 is 11.9 Å². The number of unbranched alkanes of at least 4 members (excludes halogenated alkanes) is 2. The SMILES string of the molecule is CCCCN(CCCCN(C)C)C(=O)CN1C[C@H](c2ccc3c(c2)CCO3)[C@@H](C(=O)O)[C@@H]1C. The van der Waals surface area contributed by atoms with Crippen molar-refractivity contribution in [3.8, 4) is 5.75 Å². The molecule has 0 saturated carbocycles. The summed E-state index contributed by atoms with van der Waals surface area (Å²) < 4.78 is 5.62. The average Bonchev–Trinajstić information content (AvgIpc) is 3.36. The number of aliphatic carboxylic acids is 1. The topological polar surface area (TPSA) is 73.3 Å². The fourth-order valence-electron chi connectivity index (χ4n) is 5.15. The number of carbonyl (C=O) groups excluding carboxylic acids is 1. The normalized spacial score (nSPS) is 22.4. The average molecular weight is 460 g/mol. The van der Waals surface area contributed by atoms with Crippen LogP contribution >= 0.6 is 0 Å².